The van der Waals surface area contributed by atoms with Gasteiger partial charge in [-0.25, -0.2) is 4.98 Å². The van der Waals surface area contributed by atoms with E-state index in [1.165, 1.54) is 0 Å². The van der Waals surface area contributed by atoms with Crippen molar-refractivity contribution in [3.63, 3.8) is 0 Å². The topological polar surface area (TPSA) is 82.8 Å². The Hall–Kier alpha value is -1.89. The maximum atomic E-state index is 5.96. The van der Waals surface area contributed by atoms with Crippen molar-refractivity contribution in [2.45, 2.75) is 6.54 Å². The van der Waals surface area contributed by atoms with Crippen molar-refractivity contribution in [2.24, 2.45) is 5.73 Å². The monoisotopic (exact) mass is 323 g/mol. The van der Waals surface area contributed by atoms with Crippen LogP contribution in [0.4, 0.5) is 0 Å². The number of rotatable bonds is 4. The molecule has 0 aliphatic rings. The minimum absolute atomic E-state index is 0.330. The van der Waals surface area contributed by atoms with Crippen LogP contribution in [0.1, 0.15) is 0 Å². The van der Waals surface area contributed by atoms with E-state index in [0.717, 1.165) is 0 Å². The van der Waals surface area contributed by atoms with E-state index in [2.05, 4.69) is 15.1 Å². The molecule has 0 fully saturated rings. The van der Waals surface area contributed by atoms with E-state index in [-0.39, 0.29) is 0 Å². The molecule has 0 radical (unpaired) electrons. The van der Waals surface area contributed by atoms with Crippen LogP contribution in [0.2, 0.25) is 10.0 Å². The Kier molecular flexibility index (Phi) is 3.92. The van der Waals surface area contributed by atoms with E-state index in [9.17, 15) is 0 Å². The third-order valence-electron chi connectivity index (χ3n) is 2.79. The summed E-state index contributed by atoms with van der Waals surface area (Å²) in [6.07, 6.45) is 3.47. The van der Waals surface area contributed by atoms with Crippen LogP contribution >= 0.6 is 23.2 Å². The molecule has 1 aromatic carbocycles. The van der Waals surface area contributed by atoms with Gasteiger partial charge in [0.15, 0.2) is 0 Å². The molecule has 0 aliphatic heterocycles. The van der Waals surface area contributed by atoms with Gasteiger partial charge in [0.1, 0.15) is 5.69 Å². The number of benzene rings is 1. The predicted octanol–water partition coefficient (Wildman–Crippen LogP) is 2.87. The molecule has 6 nitrogen and oxygen atoms in total. The summed E-state index contributed by atoms with van der Waals surface area (Å²) < 4.78 is 7.08. The second kappa shape index (κ2) is 5.85. The van der Waals surface area contributed by atoms with E-state index in [1.54, 1.807) is 30.7 Å². The van der Waals surface area contributed by atoms with Crippen molar-refractivity contribution in [1.82, 2.24) is 19.7 Å². The first-order chi connectivity index (χ1) is 10.2. The number of aromatic nitrogens is 4. The maximum absolute atomic E-state index is 5.96. The molecule has 108 valence electrons. The summed E-state index contributed by atoms with van der Waals surface area (Å²) >= 11 is 11.9. The molecule has 0 bridgehead atoms. The largest absolute Gasteiger partial charge is 0.335 e. The molecule has 0 unspecified atom stereocenters. The van der Waals surface area contributed by atoms with E-state index in [4.69, 9.17) is 33.5 Å². The summed E-state index contributed by atoms with van der Waals surface area (Å²) in [5.41, 5.74) is 6.77. The van der Waals surface area contributed by atoms with Gasteiger partial charge in [-0.05, 0) is 18.2 Å². The molecule has 3 aromatic rings. The zero-order valence-corrected chi connectivity index (χ0v) is 12.3. The average molecular weight is 324 g/mol. The molecule has 8 heteroatoms. The van der Waals surface area contributed by atoms with Gasteiger partial charge in [0, 0.05) is 34.9 Å². The normalized spacial score (nSPS) is 11.0. The quantitative estimate of drug-likeness (QED) is 0.798. The molecular weight excluding hydrogens is 313 g/mol. The summed E-state index contributed by atoms with van der Waals surface area (Å²) in [6.45, 7) is 1.21. The van der Waals surface area contributed by atoms with Crippen LogP contribution in [0.3, 0.4) is 0 Å². The summed E-state index contributed by atoms with van der Waals surface area (Å²) in [7, 11) is 0. The van der Waals surface area contributed by atoms with Gasteiger partial charge in [-0.3, -0.25) is 0 Å². The molecule has 0 aliphatic carbocycles. The fourth-order valence-corrected chi connectivity index (χ4v) is 2.40. The van der Waals surface area contributed by atoms with E-state index >= 15 is 0 Å². The van der Waals surface area contributed by atoms with Gasteiger partial charge in [0.25, 0.3) is 5.89 Å². The van der Waals surface area contributed by atoms with Crippen LogP contribution in [0.15, 0.2) is 35.2 Å². The zero-order valence-electron chi connectivity index (χ0n) is 10.8. The molecule has 0 amide bonds. The van der Waals surface area contributed by atoms with E-state index in [0.29, 0.717) is 46.1 Å². The average Bonchev–Trinajstić information content (AvgIpc) is 3.06. The highest BCUT2D eigenvalue weighted by molar-refractivity contribution is 6.35. The Morgan fingerprint density at radius 1 is 1.19 bits per heavy atom. The molecule has 2 N–H and O–H groups in total. The number of nitrogens with two attached hydrogens (primary N) is 1. The first-order valence-corrected chi connectivity index (χ1v) is 6.93. The molecule has 2 heterocycles. The lowest BCUT2D eigenvalue weighted by atomic mass is 10.2. The summed E-state index contributed by atoms with van der Waals surface area (Å²) in [6, 6.07) is 5.08. The third-order valence-corrected chi connectivity index (χ3v) is 3.22. The van der Waals surface area contributed by atoms with Crippen molar-refractivity contribution < 1.29 is 4.52 Å². The van der Waals surface area contributed by atoms with Gasteiger partial charge in [0.05, 0.1) is 6.33 Å². The summed E-state index contributed by atoms with van der Waals surface area (Å²) in [4.78, 5) is 8.51. The van der Waals surface area contributed by atoms with Crippen LogP contribution < -0.4 is 5.73 Å². The zero-order chi connectivity index (χ0) is 14.8. The molecule has 0 saturated carbocycles. The third kappa shape index (κ3) is 3.07. The molecule has 2 aromatic heterocycles. The SMILES string of the molecule is NCCn1cnc(-c2nc(-c3cc(Cl)cc(Cl)c3)no2)c1. The highest BCUT2D eigenvalue weighted by Crippen LogP contribution is 2.26. The van der Waals surface area contributed by atoms with Crippen LogP contribution in [0.5, 0.6) is 0 Å². The Balaban J connectivity index is 1.91. The van der Waals surface area contributed by atoms with Crippen molar-refractivity contribution >= 4 is 23.2 Å². The van der Waals surface area contributed by atoms with E-state index < -0.39 is 0 Å². The van der Waals surface area contributed by atoms with Gasteiger partial charge in [0.2, 0.25) is 5.82 Å². The van der Waals surface area contributed by atoms with Gasteiger partial charge in [-0.2, -0.15) is 4.98 Å². The molecule has 0 spiro atoms. The van der Waals surface area contributed by atoms with Gasteiger partial charge in [-0.1, -0.05) is 28.4 Å². The van der Waals surface area contributed by atoms with E-state index in [1.807, 2.05) is 4.57 Å². The number of hydrogen-bond donors (Lipinski definition) is 1. The van der Waals surface area contributed by atoms with Crippen molar-refractivity contribution in [3.05, 3.63) is 40.8 Å². The Morgan fingerprint density at radius 2 is 1.95 bits per heavy atom. The van der Waals surface area contributed by atoms with Gasteiger partial charge < -0.3 is 14.8 Å². The fourth-order valence-electron chi connectivity index (χ4n) is 1.87. The van der Waals surface area contributed by atoms with Crippen LogP contribution in [-0.2, 0) is 6.54 Å². The Morgan fingerprint density at radius 3 is 2.67 bits per heavy atom. The molecule has 0 saturated heterocycles. The maximum Gasteiger partial charge on any atom is 0.278 e. The molecule has 21 heavy (non-hydrogen) atoms. The smallest absolute Gasteiger partial charge is 0.278 e. The van der Waals surface area contributed by atoms with Gasteiger partial charge >= 0.3 is 0 Å². The number of halogens is 2. The summed E-state index contributed by atoms with van der Waals surface area (Å²) in [5, 5.41) is 4.94. The lowest BCUT2D eigenvalue weighted by Crippen LogP contribution is -2.07. The van der Waals surface area contributed by atoms with Crippen LogP contribution in [0.25, 0.3) is 23.0 Å². The summed E-state index contributed by atoms with van der Waals surface area (Å²) in [5.74, 6) is 0.736. The minimum atomic E-state index is 0.330. The first-order valence-electron chi connectivity index (χ1n) is 6.18. The van der Waals surface area contributed by atoms with Crippen molar-refractivity contribution in [3.8, 4) is 23.0 Å². The van der Waals surface area contributed by atoms with Crippen LogP contribution in [0, 0.1) is 0 Å². The number of hydrogen-bond acceptors (Lipinski definition) is 5. The van der Waals surface area contributed by atoms with Gasteiger partial charge in [-0.15, -0.1) is 0 Å². The highest BCUT2D eigenvalue weighted by atomic mass is 35.5. The van der Waals surface area contributed by atoms with Crippen LogP contribution in [-0.4, -0.2) is 26.2 Å². The minimum Gasteiger partial charge on any atom is -0.335 e. The standard InChI is InChI=1S/C13H11Cl2N5O/c14-9-3-8(4-10(15)5-9)12-18-13(21-19-12)11-6-20(2-1-16)7-17-11/h3-7H,1-2,16H2. The lowest BCUT2D eigenvalue weighted by molar-refractivity contribution is 0.431. The number of imidazole rings is 1. The Bertz CT molecular complexity index is 747. The molecular formula is C13H11Cl2N5O. The Labute approximate surface area is 130 Å². The lowest BCUT2D eigenvalue weighted by Gasteiger charge is -1.96. The van der Waals surface area contributed by atoms with Crippen molar-refractivity contribution in [2.75, 3.05) is 6.54 Å². The predicted molar refractivity (Wildman–Crippen MR) is 80.0 cm³/mol. The second-order valence-electron chi connectivity index (χ2n) is 4.37. The molecule has 0 atom stereocenters. The first kappa shape index (κ1) is 14.1. The second-order valence-corrected chi connectivity index (χ2v) is 5.24. The molecule has 3 rings (SSSR count). The fraction of sp³-hybridized carbons (Fsp3) is 0.154. The van der Waals surface area contributed by atoms with Crippen molar-refractivity contribution in [1.29, 1.82) is 0 Å². The number of nitrogens with zero attached hydrogens (tertiary/aromatic N) is 4. The highest BCUT2D eigenvalue weighted by Gasteiger charge is 2.13.